The number of carbonyl (C=O) groups is 4. The highest BCUT2D eigenvalue weighted by atomic mass is 16.6. The maximum Gasteiger partial charge on any atom is 0.307 e. The first kappa shape index (κ1) is 25.6. The van der Waals surface area contributed by atoms with Gasteiger partial charge in [0.15, 0.2) is 0 Å². The lowest BCUT2D eigenvalue weighted by Gasteiger charge is -2.59. The van der Waals surface area contributed by atoms with E-state index in [2.05, 4.69) is 13.8 Å². The number of hydrogen-bond donors (Lipinski definition) is 1. The number of aliphatic hydroxyl groups is 1. The van der Waals surface area contributed by atoms with Crippen molar-refractivity contribution in [3.63, 3.8) is 0 Å². The molecule has 36 heavy (non-hydrogen) atoms. The number of esters is 2. The van der Waals surface area contributed by atoms with E-state index in [0.717, 1.165) is 38.5 Å². The topological polar surface area (TPSA) is 107 Å². The van der Waals surface area contributed by atoms with Crippen molar-refractivity contribution in [1.82, 2.24) is 0 Å². The third-order valence-electron chi connectivity index (χ3n) is 11.1. The van der Waals surface area contributed by atoms with Crippen LogP contribution in [-0.2, 0) is 28.7 Å². The maximum absolute atomic E-state index is 13.9. The molecule has 11 atom stereocenters. The Labute approximate surface area is 213 Å². The monoisotopic (exact) mass is 500 g/mol. The normalized spacial score (nSPS) is 49.7. The van der Waals surface area contributed by atoms with Crippen LogP contribution in [0.15, 0.2) is 11.8 Å². The molecule has 0 aliphatic heterocycles. The Kier molecular flexibility index (Phi) is 5.86. The SMILES string of the molecule is CC(=O)OC1=C[C@@H](C)C2[C@@H]([C@H](OC(C)=O)C3[C@@H]4C(=O)C(=O)C5CCCC[C@]5(C)C4CC[C@@]32C)[C@@]1(C)O. The fourth-order valence-electron chi connectivity index (χ4n) is 9.84. The third-order valence-corrected chi connectivity index (χ3v) is 11.1. The van der Waals surface area contributed by atoms with Crippen LogP contribution in [0.25, 0.3) is 0 Å². The fourth-order valence-corrected chi connectivity index (χ4v) is 9.84. The molecular weight excluding hydrogens is 460 g/mol. The zero-order valence-electron chi connectivity index (χ0n) is 22.3. The Hall–Kier alpha value is -2.02. The van der Waals surface area contributed by atoms with Gasteiger partial charge in [-0.15, -0.1) is 0 Å². The van der Waals surface area contributed by atoms with Crippen LogP contribution in [0.4, 0.5) is 0 Å². The van der Waals surface area contributed by atoms with E-state index in [1.54, 1.807) is 6.92 Å². The van der Waals surface area contributed by atoms with Gasteiger partial charge in [-0.2, -0.15) is 0 Å². The van der Waals surface area contributed by atoms with Gasteiger partial charge in [0.1, 0.15) is 17.5 Å². The molecule has 5 aliphatic rings. The van der Waals surface area contributed by atoms with Crippen LogP contribution in [0.1, 0.15) is 80.1 Å². The van der Waals surface area contributed by atoms with E-state index in [1.165, 1.54) is 13.8 Å². The second-order valence-electron chi connectivity index (χ2n) is 13.0. The summed E-state index contributed by atoms with van der Waals surface area (Å²) in [4.78, 5) is 51.8. The summed E-state index contributed by atoms with van der Waals surface area (Å²) in [6, 6.07) is 0. The Morgan fingerprint density at radius 2 is 1.61 bits per heavy atom. The zero-order chi connectivity index (χ0) is 26.4. The molecule has 198 valence electrons. The number of Topliss-reactive ketones (excluding diaryl/α,β-unsaturated/α-hetero) is 2. The largest absolute Gasteiger partial charge is 0.462 e. The van der Waals surface area contributed by atoms with E-state index in [0.29, 0.717) is 0 Å². The summed E-state index contributed by atoms with van der Waals surface area (Å²) in [6.45, 7) is 10.6. The average Bonchev–Trinajstić information content (AvgIpc) is 3.04. The van der Waals surface area contributed by atoms with Gasteiger partial charge in [0.05, 0.1) is 0 Å². The van der Waals surface area contributed by atoms with Crippen LogP contribution in [0, 0.1) is 52.3 Å². The molecule has 7 nitrogen and oxygen atoms in total. The molecule has 4 saturated carbocycles. The standard InChI is InChI=1S/C29H40O7/c1-14-13-19(35-15(2)30)29(6,34)23-21(14)28(5)12-10-17-20(22(28)26(23)36-16(3)31)25(33)24(32)18-9-7-8-11-27(17,18)4/h13-14,17-18,20-23,26,34H,7-12H2,1-6H3/t14-,17?,18?,20-,21?,22?,23+,26-,27-,28-,29+/m1/s1. The quantitative estimate of drug-likeness (QED) is 0.451. The van der Waals surface area contributed by atoms with Crippen LogP contribution in [0.2, 0.25) is 0 Å². The molecule has 0 heterocycles. The van der Waals surface area contributed by atoms with Gasteiger partial charge in [-0.1, -0.05) is 33.6 Å². The molecule has 0 amide bonds. The molecule has 0 saturated heterocycles. The Balaban J connectivity index is 1.66. The fraction of sp³-hybridized carbons (Fsp3) is 0.793. The first-order valence-corrected chi connectivity index (χ1v) is 13.6. The highest BCUT2D eigenvalue weighted by Crippen LogP contribution is 2.71. The minimum absolute atomic E-state index is 0.0467. The third kappa shape index (κ3) is 3.33. The van der Waals surface area contributed by atoms with E-state index in [4.69, 9.17) is 9.47 Å². The smallest absolute Gasteiger partial charge is 0.307 e. The van der Waals surface area contributed by atoms with E-state index in [9.17, 15) is 24.3 Å². The van der Waals surface area contributed by atoms with Gasteiger partial charge >= 0.3 is 11.9 Å². The number of hydrogen-bond acceptors (Lipinski definition) is 7. The molecule has 0 aromatic carbocycles. The summed E-state index contributed by atoms with van der Waals surface area (Å²) in [5.41, 5.74) is -2.24. The van der Waals surface area contributed by atoms with Gasteiger partial charge in [0.2, 0.25) is 11.6 Å². The molecular formula is C29H40O7. The lowest BCUT2D eigenvalue weighted by atomic mass is 9.43. The number of allylic oxidation sites excluding steroid dienone is 1. The average molecular weight is 501 g/mol. The number of rotatable bonds is 2. The maximum atomic E-state index is 13.9. The molecule has 0 aromatic heterocycles. The van der Waals surface area contributed by atoms with Gasteiger partial charge in [-0.05, 0) is 67.3 Å². The van der Waals surface area contributed by atoms with Crippen molar-refractivity contribution in [3.05, 3.63) is 11.8 Å². The Morgan fingerprint density at radius 3 is 2.25 bits per heavy atom. The predicted molar refractivity (Wildman–Crippen MR) is 130 cm³/mol. The van der Waals surface area contributed by atoms with E-state index >= 15 is 0 Å². The number of ketones is 2. The molecule has 0 spiro atoms. The predicted octanol–water partition coefficient (Wildman–Crippen LogP) is 4.01. The van der Waals surface area contributed by atoms with Crippen molar-refractivity contribution < 1.29 is 33.8 Å². The van der Waals surface area contributed by atoms with E-state index < -0.39 is 40.9 Å². The molecule has 5 rings (SSSR count). The lowest BCUT2D eigenvalue weighted by Crippen LogP contribution is -2.61. The minimum atomic E-state index is -1.57. The molecule has 4 unspecified atom stereocenters. The van der Waals surface area contributed by atoms with Crippen LogP contribution in [0.5, 0.6) is 0 Å². The molecule has 0 bridgehead atoms. The van der Waals surface area contributed by atoms with Crippen molar-refractivity contribution in [3.8, 4) is 0 Å². The van der Waals surface area contributed by atoms with E-state index in [-0.39, 0.29) is 52.3 Å². The first-order valence-electron chi connectivity index (χ1n) is 13.6. The molecule has 4 fully saturated rings. The summed E-state index contributed by atoms with van der Waals surface area (Å²) in [6.07, 6.45) is 6.46. The summed E-state index contributed by atoms with van der Waals surface area (Å²) in [7, 11) is 0. The van der Waals surface area contributed by atoms with Crippen molar-refractivity contribution in [2.75, 3.05) is 0 Å². The lowest BCUT2D eigenvalue weighted by molar-refractivity contribution is -0.178. The summed E-state index contributed by atoms with van der Waals surface area (Å²) < 4.78 is 11.5. The highest BCUT2D eigenvalue weighted by Gasteiger charge is 2.73. The number of carbonyl (C=O) groups excluding carboxylic acids is 4. The van der Waals surface area contributed by atoms with Gasteiger partial charge in [0, 0.05) is 37.5 Å². The van der Waals surface area contributed by atoms with Crippen LogP contribution < -0.4 is 0 Å². The Morgan fingerprint density at radius 1 is 0.917 bits per heavy atom. The molecule has 0 radical (unpaired) electrons. The van der Waals surface area contributed by atoms with Gasteiger partial charge in [0.25, 0.3) is 0 Å². The van der Waals surface area contributed by atoms with Crippen molar-refractivity contribution in [1.29, 1.82) is 0 Å². The van der Waals surface area contributed by atoms with Crippen molar-refractivity contribution >= 4 is 23.5 Å². The Bertz CT molecular complexity index is 1040. The van der Waals surface area contributed by atoms with Gasteiger partial charge in [-0.3, -0.25) is 19.2 Å². The summed E-state index contributed by atoms with van der Waals surface area (Å²) >= 11 is 0. The second-order valence-corrected chi connectivity index (χ2v) is 13.0. The first-order chi connectivity index (χ1) is 16.7. The van der Waals surface area contributed by atoms with Gasteiger partial charge in [-0.25, -0.2) is 0 Å². The molecule has 0 aromatic rings. The van der Waals surface area contributed by atoms with Crippen molar-refractivity contribution in [2.24, 2.45) is 52.3 Å². The highest BCUT2D eigenvalue weighted by molar-refractivity contribution is 6.39. The van der Waals surface area contributed by atoms with Crippen LogP contribution in [0.3, 0.4) is 0 Å². The van der Waals surface area contributed by atoms with Gasteiger partial charge < -0.3 is 14.6 Å². The summed E-state index contributed by atoms with van der Waals surface area (Å²) in [5.74, 6) is -3.25. The second kappa shape index (κ2) is 8.24. The number of ether oxygens (including phenoxy) is 2. The number of fused-ring (bicyclic) bond motifs is 7. The molecule has 5 aliphatic carbocycles. The van der Waals surface area contributed by atoms with Crippen molar-refractivity contribution in [2.45, 2.75) is 91.8 Å². The van der Waals surface area contributed by atoms with Crippen LogP contribution in [-0.4, -0.2) is 40.3 Å². The molecule has 7 heteroatoms. The minimum Gasteiger partial charge on any atom is -0.462 e. The zero-order valence-corrected chi connectivity index (χ0v) is 22.3. The summed E-state index contributed by atoms with van der Waals surface area (Å²) in [5, 5.41) is 11.9. The molecule has 1 N–H and O–H groups in total. The van der Waals surface area contributed by atoms with E-state index in [1.807, 2.05) is 13.0 Å². The van der Waals surface area contributed by atoms with Crippen LogP contribution >= 0.6 is 0 Å².